The van der Waals surface area contributed by atoms with Gasteiger partial charge in [-0.15, -0.1) is 0 Å². The average molecular weight is 276 g/mol. The molecule has 0 bridgehead atoms. The van der Waals surface area contributed by atoms with Crippen LogP contribution >= 0.6 is 0 Å². The number of aromatic nitrogens is 1. The zero-order valence-corrected chi connectivity index (χ0v) is 13.0. The van der Waals surface area contributed by atoms with Gasteiger partial charge in [0.05, 0.1) is 6.54 Å². The molecule has 0 radical (unpaired) electrons. The minimum absolute atomic E-state index is 0.333. The maximum Gasteiger partial charge on any atom is 0.222 e. The summed E-state index contributed by atoms with van der Waals surface area (Å²) in [6.45, 7) is 3.76. The van der Waals surface area contributed by atoms with Crippen molar-refractivity contribution in [3.05, 3.63) is 24.0 Å². The van der Waals surface area contributed by atoms with Crippen LogP contribution in [0.5, 0.6) is 0 Å². The molecular formula is C17H28N2O. The Balaban J connectivity index is 1.86. The van der Waals surface area contributed by atoms with Crippen molar-refractivity contribution in [2.24, 2.45) is 13.0 Å². The third kappa shape index (κ3) is 4.12. The third-order valence-corrected chi connectivity index (χ3v) is 4.49. The Bertz CT molecular complexity index is 418. The van der Waals surface area contributed by atoms with Gasteiger partial charge in [0.1, 0.15) is 0 Å². The van der Waals surface area contributed by atoms with Gasteiger partial charge in [0.25, 0.3) is 0 Å². The van der Waals surface area contributed by atoms with Crippen LogP contribution in [0, 0.1) is 5.92 Å². The standard InChI is InChI=1S/C17H28N2O/c1-3-12-19(14-16-9-6-13-18(16)2)17(20)11-10-15-7-4-5-8-15/h6,9,13,15H,3-5,7-8,10-12,14H2,1-2H3. The molecule has 1 aliphatic carbocycles. The molecule has 1 fully saturated rings. The van der Waals surface area contributed by atoms with Gasteiger partial charge in [-0.25, -0.2) is 0 Å². The van der Waals surface area contributed by atoms with Gasteiger partial charge in [-0.2, -0.15) is 0 Å². The van der Waals surface area contributed by atoms with Crippen LogP contribution in [0.2, 0.25) is 0 Å². The fourth-order valence-electron chi connectivity index (χ4n) is 3.20. The van der Waals surface area contributed by atoms with Crippen molar-refractivity contribution >= 4 is 5.91 Å². The van der Waals surface area contributed by atoms with Gasteiger partial charge < -0.3 is 9.47 Å². The van der Waals surface area contributed by atoms with Gasteiger partial charge in [-0.05, 0) is 30.9 Å². The van der Waals surface area contributed by atoms with Crippen LogP contribution in [0.1, 0.15) is 57.6 Å². The number of rotatable bonds is 7. The van der Waals surface area contributed by atoms with E-state index in [0.717, 1.165) is 38.3 Å². The van der Waals surface area contributed by atoms with E-state index < -0.39 is 0 Å². The van der Waals surface area contributed by atoms with E-state index in [1.807, 2.05) is 24.2 Å². The highest BCUT2D eigenvalue weighted by Gasteiger charge is 2.19. The fourth-order valence-corrected chi connectivity index (χ4v) is 3.20. The smallest absolute Gasteiger partial charge is 0.222 e. The minimum atomic E-state index is 0.333. The lowest BCUT2D eigenvalue weighted by Crippen LogP contribution is -2.32. The first-order valence-corrected chi connectivity index (χ1v) is 8.08. The molecule has 0 N–H and O–H groups in total. The quantitative estimate of drug-likeness (QED) is 0.745. The molecule has 1 aromatic rings. The SMILES string of the molecule is CCCN(Cc1cccn1C)C(=O)CCC1CCCC1. The molecule has 3 nitrogen and oxygen atoms in total. The number of carbonyl (C=O) groups is 1. The Kier molecular flexibility index (Phi) is 5.69. The van der Waals surface area contributed by atoms with E-state index in [-0.39, 0.29) is 0 Å². The molecule has 0 unspecified atom stereocenters. The Morgan fingerprint density at radius 2 is 2.15 bits per heavy atom. The number of aryl methyl sites for hydroxylation is 1. The first-order chi connectivity index (χ1) is 9.70. The molecule has 1 saturated carbocycles. The summed E-state index contributed by atoms with van der Waals surface area (Å²) < 4.78 is 2.10. The number of nitrogens with zero attached hydrogens (tertiary/aromatic N) is 2. The number of amides is 1. The summed E-state index contributed by atoms with van der Waals surface area (Å²) in [7, 11) is 2.04. The average Bonchev–Trinajstić information content (AvgIpc) is 3.08. The first kappa shape index (κ1) is 15.1. The highest BCUT2D eigenvalue weighted by atomic mass is 16.2. The fraction of sp³-hybridized carbons (Fsp3) is 0.706. The van der Waals surface area contributed by atoms with Gasteiger partial charge in [-0.1, -0.05) is 32.6 Å². The van der Waals surface area contributed by atoms with Crippen LogP contribution in [-0.4, -0.2) is 21.9 Å². The van der Waals surface area contributed by atoms with Crippen molar-refractivity contribution in [1.82, 2.24) is 9.47 Å². The first-order valence-electron chi connectivity index (χ1n) is 8.08. The van der Waals surface area contributed by atoms with E-state index in [1.165, 1.54) is 31.4 Å². The molecule has 0 saturated heterocycles. The predicted molar refractivity (Wildman–Crippen MR) is 82.3 cm³/mol. The zero-order valence-electron chi connectivity index (χ0n) is 13.0. The van der Waals surface area contributed by atoms with Crippen molar-refractivity contribution in [1.29, 1.82) is 0 Å². The molecule has 20 heavy (non-hydrogen) atoms. The van der Waals surface area contributed by atoms with E-state index in [4.69, 9.17) is 0 Å². The van der Waals surface area contributed by atoms with E-state index in [0.29, 0.717) is 5.91 Å². The van der Waals surface area contributed by atoms with Crippen molar-refractivity contribution in [2.75, 3.05) is 6.54 Å². The molecule has 2 rings (SSSR count). The topological polar surface area (TPSA) is 25.2 Å². The second-order valence-electron chi connectivity index (χ2n) is 6.11. The molecule has 0 atom stereocenters. The van der Waals surface area contributed by atoms with E-state index in [2.05, 4.69) is 17.6 Å². The van der Waals surface area contributed by atoms with Gasteiger partial charge in [0, 0.05) is 31.9 Å². The van der Waals surface area contributed by atoms with Crippen LogP contribution < -0.4 is 0 Å². The molecule has 0 spiro atoms. The predicted octanol–water partition coefficient (Wildman–Crippen LogP) is 3.73. The molecule has 1 amide bonds. The maximum absolute atomic E-state index is 12.4. The molecular weight excluding hydrogens is 248 g/mol. The highest BCUT2D eigenvalue weighted by molar-refractivity contribution is 5.76. The number of carbonyl (C=O) groups excluding carboxylic acids is 1. The van der Waals surface area contributed by atoms with E-state index in [9.17, 15) is 4.79 Å². The molecule has 0 aromatic carbocycles. The van der Waals surface area contributed by atoms with Gasteiger partial charge in [0.2, 0.25) is 5.91 Å². The number of hydrogen-bond acceptors (Lipinski definition) is 1. The van der Waals surface area contributed by atoms with Crippen molar-refractivity contribution in [3.8, 4) is 0 Å². The Morgan fingerprint density at radius 3 is 2.75 bits per heavy atom. The summed E-state index contributed by atoms with van der Waals surface area (Å²) in [4.78, 5) is 14.5. The molecule has 1 aromatic heterocycles. The Hall–Kier alpha value is -1.25. The van der Waals surface area contributed by atoms with Crippen LogP contribution in [0.4, 0.5) is 0 Å². The van der Waals surface area contributed by atoms with Crippen LogP contribution in [0.3, 0.4) is 0 Å². The summed E-state index contributed by atoms with van der Waals surface area (Å²) in [6, 6.07) is 4.15. The molecule has 0 aliphatic heterocycles. The Labute approximate surface area is 123 Å². The largest absolute Gasteiger partial charge is 0.353 e. The lowest BCUT2D eigenvalue weighted by molar-refractivity contribution is -0.132. The molecule has 1 aliphatic rings. The van der Waals surface area contributed by atoms with Crippen molar-refractivity contribution < 1.29 is 4.79 Å². The summed E-state index contributed by atoms with van der Waals surface area (Å²) in [5.41, 5.74) is 1.22. The lowest BCUT2D eigenvalue weighted by Gasteiger charge is -2.23. The van der Waals surface area contributed by atoms with Gasteiger partial charge >= 0.3 is 0 Å². The summed E-state index contributed by atoms with van der Waals surface area (Å²) in [5, 5.41) is 0. The maximum atomic E-state index is 12.4. The van der Waals surface area contributed by atoms with Crippen molar-refractivity contribution in [3.63, 3.8) is 0 Å². The summed E-state index contributed by atoms with van der Waals surface area (Å²) in [6.07, 6.45) is 10.3. The van der Waals surface area contributed by atoms with Crippen LogP contribution in [-0.2, 0) is 18.4 Å². The number of hydrogen-bond donors (Lipinski definition) is 0. The lowest BCUT2D eigenvalue weighted by atomic mass is 10.0. The van der Waals surface area contributed by atoms with Crippen LogP contribution in [0.25, 0.3) is 0 Å². The van der Waals surface area contributed by atoms with Gasteiger partial charge in [-0.3, -0.25) is 4.79 Å². The summed E-state index contributed by atoms with van der Waals surface area (Å²) in [5.74, 6) is 1.14. The van der Waals surface area contributed by atoms with Crippen LogP contribution in [0.15, 0.2) is 18.3 Å². The van der Waals surface area contributed by atoms with E-state index >= 15 is 0 Å². The van der Waals surface area contributed by atoms with Crippen molar-refractivity contribution in [2.45, 2.75) is 58.4 Å². The molecule has 1 heterocycles. The molecule has 3 heteroatoms. The monoisotopic (exact) mass is 276 g/mol. The second kappa shape index (κ2) is 7.51. The Morgan fingerprint density at radius 1 is 1.40 bits per heavy atom. The normalized spacial score (nSPS) is 15.7. The minimum Gasteiger partial charge on any atom is -0.353 e. The van der Waals surface area contributed by atoms with E-state index in [1.54, 1.807) is 0 Å². The highest BCUT2D eigenvalue weighted by Crippen LogP contribution is 2.28. The van der Waals surface area contributed by atoms with Gasteiger partial charge in [0.15, 0.2) is 0 Å². The third-order valence-electron chi connectivity index (χ3n) is 4.49. The zero-order chi connectivity index (χ0) is 14.4. The summed E-state index contributed by atoms with van der Waals surface area (Å²) >= 11 is 0. The second-order valence-corrected chi connectivity index (χ2v) is 6.11. The molecule has 112 valence electrons.